The number of aryl methyl sites for hydroxylation is 1. The molecule has 0 aromatic heterocycles. The number of phenolic OH excluding ortho intramolecular Hbond substituents is 2. The van der Waals surface area contributed by atoms with Crippen LogP contribution >= 0.6 is 0 Å². The number of amides is 8. The fraction of sp³-hybridized carbons (Fsp3) is 0.0746. The van der Waals surface area contributed by atoms with E-state index < -0.39 is 98.9 Å². The number of carbonyl (C=O) groups is 8. The SMILES string of the molecule is Cc1cc(C(c2ccc(O)c(N3C(=O)c4ccc(Oc5ccc6c(c5)C(=O)N(c5cccc(Oc7cccc(Oc8cccc(N9C(=O)c%10ccc(Oc%11ccc%12c(c%11)C(=O)N(C)C%12=O)cc%10C9=O)c8)c7)c5)C6=O)cc4C3=O)c2)(C(F)(F)F)C(F)(F)F)ccc1O. The van der Waals surface area contributed by atoms with Crippen molar-refractivity contribution in [3.8, 4) is 57.5 Å². The number of carbonyl (C=O) groups excluding carboxylic acids is 8. The van der Waals surface area contributed by atoms with Gasteiger partial charge in [0.05, 0.1) is 61.6 Å². The van der Waals surface area contributed by atoms with Crippen LogP contribution in [0.15, 0.2) is 182 Å². The van der Waals surface area contributed by atoms with Crippen molar-refractivity contribution in [2.75, 3.05) is 21.7 Å². The summed E-state index contributed by atoms with van der Waals surface area (Å²) in [6.07, 6.45) is -12.2. The van der Waals surface area contributed by atoms with Gasteiger partial charge in [-0.05, 0) is 151 Å². The zero-order valence-electron chi connectivity index (χ0n) is 46.7. The van der Waals surface area contributed by atoms with E-state index in [-0.39, 0.29) is 113 Å². The van der Waals surface area contributed by atoms with Crippen LogP contribution in [0.1, 0.15) is 99.6 Å². The van der Waals surface area contributed by atoms with Crippen molar-refractivity contribution in [1.29, 1.82) is 0 Å². The molecule has 0 unspecified atom stereocenters. The maximum atomic E-state index is 15.1. The van der Waals surface area contributed by atoms with E-state index in [1.807, 2.05) is 0 Å². The van der Waals surface area contributed by atoms with Crippen LogP contribution in [0.25, 0.3) is 0 Å². The van der Waals surface area contributed by atoms with E-state index in [0.29, 0.717) is 30.3 Å². The average molecular weight is 1240 g/mol. The van der Waals surface area contributed by atoms with Crippen LogP contribution in [0.3, 0.4) is 0 Å². The van der Waals surface area contributed by atoms with Crippen molar-refractivity contribution < 1.29 is 93.9 Å². The molecule has 13 rings (SSSR count). The number of halogens is 6. The van der Waals surface area contributed by atoms with Crippen LogP contribution < -0.4 is 33.6 Å². The van der Waals surface area contributed by atoms with Gasteiger partial charge in [0.15, 0.2) is 0 Å². The number of ether oxygens (including phenoxy) is 4. The minimum Gasteiger partial charge on any atom is -0.508 e. The first-order valence-corrected chi connectivity index (χ1v) is 27.1. The van der Waals surface area contributed by atoms with Crippen LogP contribution in [-0.4, -0.2) is 81.8 Å². The highest BCUT2D eigenvalue weighted by Crippen LogP contribution is 2.58. The van der Waals surface area contributed by atoms with E-state index in [4.69, 9.17) is 18.9 Å². The smallest absolute Gasteiger partial charge is 0.411 e. The largest absolute Gasteiger partial charge is 0.508 e. The van der Waals surface area contributed by atoms with E-state index in [9.17, 15) is 48.6 Å². The lowest BCUT2D eigenvalue weighted by Crippen LogP contribution is -2.54. The zero-order chi connectivity index (χ0) is 64.3. The molecule has 9 aromatic carbocycles. The Hall–Kier alpha value is -12.1. The van der Waals surface area contributed by atoms with Crippen molar-refractivity contribution in [3.63, 3.8) is 0 Å². The predicted octanol–water partition coefficient (Wildman–Crippen LogP) is 13.6. The summed E-state index contributed by atoms with van der Waals surface area (Å²) in [4.78, 5) is 111. The summed E-state index contributed by atoms with van der Waals surface area (Å²) in [5.74, 6) is -6.48. The van der Waals surface area contributed by atoms with Gasteiger partial charge in [0, 0.05) is 25.2 Å². The molecule has 24 heteroatoms. The summed E-state index contributed by atoms with van der Waals surface area (Å²) < 4.78 is 115. The number of hydrogen-bond acceptors (Lipinski definition) is 14. The van der Waals surface area contributed by atoms with Gasteiger partial charge in [-0.15, -0.1) is 0 Å². The summed E-state index contributed by atoms with van der Waals surface area (Å²) in [6, 6.07) is 37.5. The molecular weight excluding hydrogens is 1200 g/mol. The minimum atomic E-state index is -6.10. The predicted molar refractivity (Wildman–Crippen MR) is 309 cm³/mol. The number of fused-ring (bicyclic) bond motifs is 4. The molecule has 452 valence electrons. The zero-order valence-corrected chi connectivity index (χ0v) is 46.7. The Balaban J connectivity index is 0.677. The Bertz CT molecular complexity index is 4740. The second-order valence-corrected chi connectivity index (χ2v) is 21.2. The molecular formula is C67H38F6N4O14. The number of alkyl halides is 6. The van der Waals surface area contributed by atoms with Gasteiger partial charge < -0.3 is 29.2 Å². The van der Waals surface area contributed by atoms with Crippen LogP contribution in [0.5, 0.6) is 57.5 Å². The minimum absolute atomic E-state index is 0.0198. The van der Waals surface area contributed by atoms with Crippen molar-refractivity contribution in [2.45, 2.75) is 24.7 Å². The highest BCUT2D eigenvalue weighted by molar-refractivity contribution is 6.36. The molecule has 0 aliphatic carbocycles. The van der Waals surface area contributed by atoms with E-state index >= 15 is 26.3 Å². The summed E-state index contributed by atoms with van der Waals surface area (Å²) in [6.45, 7) is 1.09. The Morgan fingerprint density at radius 2 is 0.648 bits per heavy atom. The quantitative estimate of drug-likeness (QED) is 0.0809. The molecule has 0 saturated heterocycles. The summed E-state index contributed by atoms with van der Waals surface area (Å²) in [5.41, 5.74) is -8.94. The summed E-state index contributed by atoms with van der Waals surface area (Å²) in [7, 11) is 1.37. The Labute approximate surface area is 508 Å². The third-order valence-electron chi connectivity index (χ3n) is 15.7. The number of benzene rings is 9. The molecule has 0 radical (unpaired) electrons. The maximum absolute atomic E-state index is 15.1. The first-order valence-electron chi connectivity index (χ1n) is 27.1. The number of phenols is 2. The Morgan fingerprint density at radius 3 is 1.07 bits per heavy atom. The molecule has 4 aliphatic rings. The standard InChI is InChI=1S/C67H38F6N4O14/c1-33-24-34(12-22-55(33)78)65(66(68,69)70,67(71,72)73)35-13-23-56(79)54(25-35)77-61(84)49-21-17-45(32-53(49)64(77)87)91-44-16-20-48-52(31-44)63(86)76(60(48)83)37-7-4-9-39(27-37)89-41-11-5-10-40(28-41)88-38-8-3-6-36(26-38)75-59(82)47-19-15-43(30-51(47)62(75)85)90-42-14-18-46-50(29-42)58(81)74(2)57(46)80/h3-32,78-79H,1-2H3. The van der Waals surface area contributed by atoms with E-state index in [2.05, 4.69) is 0 Å². The number of imide groups is 4. The first kappa shape index (κ1) is 58.0. The van der Waals surface area contributed by atoms with Crippen molar-refractivity contribution in [2.24, 2.45) is 0 Å². The number of nitrogens with zero attached hydrogens (tertiary/aromatic N) is 4. The van der Waals surface area contributed by atoms with Gasteiger partial charge in [0.25, 0.3) is 47.3 Å². The molecule has 8 amide bonds. The number of aromatic hydroxyl groups is 2. The van der Waals surface area contributed by atoms with Gasteiger partial charge in [-0.1, -0.05) is 36.4 Å². The molecule has 0 saturated carbocycles. The normalized spacial score (nSPS) is 14.5. The van der Waals surface area contributed by atoms with Crippen LogP contribution in [-0.2, 0) is 5.41 Å². The fourth-order valence-corrected chi connectivity index (χ4v) is 11.3. The van der Waals surface area contributed by atoms with Crippen LogP contribution in [0, 0.1) is 6.92 Å². The van der Waals surface area contributed by atoms with Crippen LogP contribution in [0.2, 0.25) is 0 Å². The van der Waals surface area contributed by atoms with Crippen molar-refractivity contribution >= 4 is 64.3 Å². The second-order valence-electron chi connectivity index (χ2n) is 21.2. The van der Waals surface area contributed by atoms with Crippen molar-refractivity contribution in [1.82, 2.24) is 4.90 Å². The van der Waals surface area contributed by atoms with Gasteiger partial charge in [-0.25, -0.2) is 14.7 Å². The molecule has 91 heavy (non-hydrogen) atoms. The maximum Gasteiger partial charge on any atom is 0.411 e. The lowest BCUT2D eigenvalue weighted by atomic mass is 9.72. The highest BCUT2D eigenvalue weighted by Gasteiger charge is 2.73. The van der Waals surface area contributed by atoms with Gasteiger partial charge in [-0.3, -0.25) is 43.3 Å². The molecule has 0 bridgehead atoms. The average Bonchev–Trinajstić information content (AvgIpc) is 1.20. The lowest BCUT2D eigenvalue weighted by Gasteiger charge is -2.39. The van der Waals surface area contributed by atoms with E-state index in [0.717, 1.165) is 33.8 Å². The number of hydrogen-bond donors (Lipinski definition) is 2. The van der Waals surface area contributed by atoms with Gasteiger partial charge in [-0.2, -0.15) is 26.3 Å². The van der Waals surface area contributed by atoms with Crippen molar-refractivity contribution in [3.05, 3.63) is 243 Å². The first-order chi connectivity index (χ1) is 43.3. The topological polar surface area (TPSA) is 227 Å². The fourth-order valence-electron chi connectivity index (χ4n) is 11.3. The second kappa shape index (κ2) is 21.1. The molecule has 0 spiro atoms. The van der Waals surface area contributed by atoms with Crippen LogP contribution in [0.4, 0.5) is 43.4 Å². The lowest BCUT2D eigenvalue weighted by molar-refractivity contribution is -0.288. The number of rotatable bonds is 13. The Morgan fingerprint density at radius 1 is 0.330 bits per heavy atom. The monoisotopic (exact) mass is 1240 g/mol. The summed E-state index contributed by atoms with van der Waals surface area (Å²) in [5, 5.41) is 20.8. The third kappa shape index (κ3) is 9.46. The molecule has 4 heterocycles. The van der Waals surface area contributed by atoms with E-state index in [1.165, 1.54) is 92.0 Å². The number of anilines is 3. The van der Waals surface area contributed by atoms with Gasteiger partial charge in [0.2, 0.25) is 5.41 Å². The molecule has 9 aromatic rings. The molecule has 0 fully saturated rings. The third-order valence-corrected chi connectivity index (χ3v) is 15.7. The molecule has 4 aliphatic heterocycles. The summed E-state index contributed by atoms with van der Waals surface area (Å²) >= 11 is 0. The van der Waals surface area contributed by atoms with Gasteiger partial charge in [0.1, 0.15) is 57.5 Å². The molecule has 0 atom stereocenters. The van der Waals surface area contributed by atoms with E-state index in [1.54, 1.807) is 48.5 Å². The Kier molecular flexibility index (Phi) is 13.4. The van der Waals surface area contributed by atoms with Gasteiger partial charge >= 0.3 is 12.4 Å². The molecule has 2 N–H and O–H groups in total. The molecule has 18 nitrogen and oxygen atoms in total. The highest BCUT2D eigenvalue weighted by atomic mass is 19.4.